The van der Waals surface area contributed by atoms with Gasteiger partial charge in [-0.05, 0) is 88.0 Å². The Balaban J connectivity index is 1.50. The van der Waals surface area contributed by atoms with Gasteiger partial charge in [0.15, 0.2) is 11.6 Å². The first-order valence-corrected chi connectivity index (χ1v) is 11.4. The van der Waals surface area contributed by atoms with Gasteiger partial charge in [0.25, 0.3) is 0 Å². The molecule has 28 heavy (non-hydrogen) atoms. The lowest BCUT2D eigenvalue weighted by atomic mass is 9.46. The topological polar surface area (TPSA) is 55.8 Å². The molecule has 3 unspecified atom stereocenters. The molecular formula is C24H36O4. The molecule has 1 saturated heterocycles. The summed E-state index contributed by atoms with van der Waals surface area (Å²) >= 11 is 0. The molecule has 1 aliphatic heterocycles. The SMILES string of the molecule is CC1(C)O[C@H](CO)[C@]2(CCC3C4CCC5=CC(=O)CC[C@]5(C)C4CC[C@@]32C)O1. The summed E-state index contributed by atoms with van der Waals surface area (Å²) in [5.74, 6) is 1.70. The van der Waals surface area contributed by atoms with E-state index in [0.717, 1.165) is 25.7 Å². The fraction of sp³-hybridized carbons (Fsp3) is 0.875. The van der Waals surface area contributed by atoms with Gasteiger partial charge in [-0.3, -0.25) is 4.79 Å². The van der Waals surface area contributed by atoms with E-state index >= 15 is 0 Å². The van der Waals surface area contributed by atoms with Gasteiger partial charge in [0.1, 0.15) is 11.7 Å². The van der Waals surface area contributed by atoms with Gasteiger partial charge >= 0.3 is 0 Å². The van der Waals surface area contributed by atoms with Crippen LogP contribution in [-0.4, -0.2) is 35.0 Å². The Bertz CT molecular complexity index is 726. The Hall–Kier alpha value is -0.710. The van der Waals surface area contributed by atoms with Gasteiger partial charge in [0.2, 0.25) is 0 Å². The molecule has 5 aliphatic rings. The second-order valence-corrected chi connectivity index (χ2v) is 11.1. The summed E-state index contributed by atoms with van der Waals surface area (Å²) in [5, 5.41) is 10.1. The third-order valence-corrected chi connectivity index (χ3v) is 9.69. The van der Waals surface area contributed by atoms with Crippen LogP contribution in [0.25, 0.3) is 0 Å². The molecule has 0 radical (unpaired) electrons. The van der Waals surface area contributed by atoms with Crippen molar-refractivity contribution in [3.63, 3.8) is 0 Å². The van der Waals surface area contributed by atoms with Crippen LogP contribution in [0.5, 0.6) is 0 Å². The van der Waals surface area contributed by atoms with Crippen LogP contribution in [-0.2, 0) is 14.3 Å². The van der Waals surface area contributed by atoms with Gasteiger partial charge in [0.05, 0.1) is 6.61 Å². The highest BCUT2D eigenvalue weighted by Gasteiger charge is 2.70. The number of carbonyl (C=O) groups is 1. The van der Waals surface area contributed by atoms with Crippen molar-refractivity contribution in [2.24, 2.45) is 28.6 Å². The van der Waals surface area contributed by atoms with Crippen molar-refractivity contribution in [2.45, 2.75) is 96.6 Å². The zero-order chi connectivity index (χ0) is 19.9. The van der Waals surface area contributed by atoms with Crippen molar-refractivity contribution in [3.8, 4) is 0 Å². The lowest BCUT2D eigenvalue weighted by Gasteiger charge is -2.59. The molecule has 4 nitrogen and oxygen atoms in total. The van der Waals surface area contributed by atoms with Crippen LogP contribution in [0.4, 0.5) is 0 Å². The van der Waals surface area contributed by atoms with Crippen LogP contribution in [0.15, 0.2) is 11.6 Å². The molecule has 1 heterocycles. The highest BCUT2D eigenvalue weighted by Crippen LogP contribution is 2.70. The maximum absolute atomic E-state index is 12.0. The van der Waals surface area contributed by atoms with Crippen LogP contribution in [0.3, 0.4) is 0 Å². The second-order valence-electron chi connectivity index (χ2n) is 11.1. The van der Waals surface area contributed by atoms with Gasteiger partial charge in [-0.15, -0.1) is 0 Å². The molecule has 4 fully saturated rings. The second kappa shape index (κ2) is 5.92. The fourth-order valence-corrected chi connectivity index (χ4v) is 8.44. The summed E-state index contributed by atoms with van der Waals surface area (Å²) in [4.78, 5) is 12.0. The third kappa shape index (κ3) is 2.31. The number of aliphatic hydroxyl groups is 1. The molecule has 5 rings (SSSR count). The van der Waals surface area contributed by atoms with Crippen LogP contribution in [0, 0.1) is 28.6 Å². The molecule has 1 spiro atoms. The number of ketones is 1. The van der Waals surface area contributed by atoms with E-state index in [-0.39, 0.29) is 29.1 Å². The van der Waals surface area contributed by atoms with Crippen molar-refractivity contribution in [1.29, 1.82) is 0 Å². The summed E-state index contributed by atoms with van der Waals surface area (Å²) < 4.78 is 12.8. The van der Waals surface area contributed by atoms with E-state index < -0.39 is 5.79 Å². The maximum Gasteiger partial charge on any atom is 0.164 e. The maximum atomic E-state index is 12.0. The normalized spacial score (nSPS) is 52.2. The number of fused-ring (bicyclic) bond motifs is 6. The fourth-order valence-electron chi connectivity index (χ4n) is 8.44. The van der Waals surface area contributed by atoms with Gasteiger partial charge in [-0.1, -0.05) is 19.4 Å². The minimum Gasteiger partial charge on any atom is -0.394 e. The van der Waals surface area contributed by atoms with E-state index in [1.807, 2.05) is 19.9 Å². The largest absolute Gasteiger partial charge is 0.394 e. The first-order chi connectivity index (χ1) is 13.2. The molecule has 0 aromatic heterocycles. The van der Waals surface area contributed by atoms with Gasteiger partial charge < -0.3 is 14.6 Å². The molecule has 1 N–H and O–H groups in total. The van der Waals surface area contributed by atoms with Crippen molar-refractivity contribution >= 4 is 5.78 Å². The first-order valence-electron chi connectivity index (χ1n) is 11.4. The molecule has 4 heteroatoms. The molecule has 0 bridgehead atoms. The van der Waals surface area contributed by atoms with E-state index in [1.165, 1.54) is 24.8 Å². The van der Waals surface area contributed by atoms with Crippen LogP contribution in [0.2, 0.25) is 0 Å². The van der Waals surface area contributed by atoms with Gasteiger partial charge in [-0.25, -0.2) is 0 Å². The Labute approximate surface area is 169 Å². The first kappa shape index (κ1) is 19.3. The summed E-state index contributed by atoms with van der Waals surface area (Å²) in [7, 11) is 0. The van der Waals surface area contributed by atoms with Gasteiger partial charge in [-0.2, -0.15) is 0 Å². The molecule has 4 aliphatic carbocycles. The average Bonchev–Trinajstić information content (AvgIpc) is 3.09. The molecule has 156 valence electrons. The highest BCUT2D eigenvalue weighted by molar-refractivity contribution is 5.91. The molecule has 0 amide bonds. The predicted octanol–water partition coefficient (Wildman–Crippen LogP) is 4.40. The average molecular weight is 389 g/mol. The van der Waals surface area contributed by atoms with E-state index in [4.69, 9.17) is 9.47 Å². The lowest BCUT2D eigenvalue weighted by Crippen LogP contribution is -2.58. The summed E-state index contributed by atoms with van der Waals surface area (Å²) in [5.41, 5.74) is 1.32. The molecule has 0 aromatic carbocycles. The number of rotatable bonds is 1. The molecule has 0 aromatic rings. The van der Waals surface area contributed by atoms with Crippen molar-refractivity contribution in [3.05, 3.63) is 11.6 Å². The number of aliphatic hydroxyl groups excluding tert-OH is 1. The standard InChI is InChI=1S/C24H36O4/c1-21(2)27-20(14-25)24(28-21)12-9-19-17-6-5-15-13-16(26)7-10-22(15,3)18(17)8-11-23(19,24)4/h13,17-20,25H,5-12,14H2,1-4H3/t17?,18?,19?,20-,22+,23+,24+/m1/s1. The zero-order valence-electron chi connectivity index (χ0n) is 17.9. The summed E-state index contributed by atoms with van der Waals surface area (Å²) in [6.45, 7) is 8.87. The van der Waals surface area contributed by atoms with Crippen LogP contribution in [0.1, 0.15) is 79.1 Å². The molecular weight excluding hydrogens is 352 g/mol. The summed E-state index contributed by atoms with van der Waals surface area (Å²) in [6, 6.07) is 0. The predicted molar refractivity (Wildman–Crippen MR) is 107 cm³/mol. The van der Waals surface area contributed by atoms with Crippen LogP contribution >= 0.6 is 0 Å². The van der Waals surface area contributed by atoms with Crippen molar-refractivity contribution < 1.29 is 19.4 Å². The Morgan fingerprint density at radius 1 is 1.04 bits per heavy atom. The Kier molecular flexibility index (Phi) is 4.07. The minimum atomic E-state index is -0.625. The van der Waals surface area contributed by atoms with E-state index in [0.29, 0.717) is 30.0 Å². The van der Waals surface area contributed by atoms with Crippen LogP contribution < -0.4 is 0 Å². The van der Waals surface area contributed by atoms with E-state index in [2.05, 4.69) is 13.8 Å². The minimum absolute atomic E-state index is 0.0343. The highest BCUT2D eigenvalue weighted by atomic mass is 16.8. The van der Waals surface area contributed by atoms with E-state index in [1.54, 1.807) is 0 Å². The number of hydrogen-bond donors (Lipinski definition) is 1. The van der Waals surface area contributed by atoms with Crippen molar-refractivity contribution in [1.82, 2.24) is 0 Å². The number of ether oxygens (including phenoxy) is 2. The number of hydrogen-bond acceptors (Lipinski definition) is 4. The summed E-state index contributed by atoms with van der Waals surface area (Å²) in [6.07, 6.45) is 10.3. The Morgan fingerprint density at radius 3 is 2.54 bits per heavy atom. The number of carbonyl (C=O) groups excluding carboxylic acids is 1. The number of allylic oxidation sites excluding steroid dienone is 1. The quantitative estimate of drug-likeness (QED) is 0.723. The lowest BCUT2D eigenvalue weighted by molar-refractivity contribution is -0.198. The molecule has 3 saturated carbocycles. The zero-order valence-corrected chi connectivity index (χ0v) is 17.9. The third-order valence-electron chi connectivity index (χ3n) is 9.69. The van der Waals surface area contributed by atoms with Crippen molar-refractivity contribution in [2.75, 3.05) is 6.61 Å². The van der Waals surface area contributed by atoms with E-state index in [9.17, 15) is 9.90 Å². The smallest absolute Gasteiger partial charge is 0.164 e. The monoisotopic (exact) mass is 388 g/mol. The van der Waals surface area contributed by atoms with Gasteiger partial charge in [0, 0.05) is 11.8 Å². The molecule has 7 atom stereocenters. The Morgan fingerprint density at radius 2 is 1.79 bits per heavy atom.